The summed E-state index contributed by atoms with van der Waals surface area (Å²) in [5.41, 5.74) is 0. The van der Waals surface area contributed by atoms with Crippen LogP contribution in [0.2, 0.25) is 0 Å². The third kappa shape index (κ3) is 8.93. The van der Waals surface area contributed by atoms with Crippen LogP contribution < -0.4 is 10.6 Å². The van der Waals surface area contributed by atoms with Crippen molar-refractivity contribution in [3.63, 3.8) is 0 Å². The van der Waals surface area contributed by atoms with Crippen LogP contribution in [-0.4, -0.2) is 38.0 Å². The molecule has 17 heavy (non-hydrogen) atoms. The zero-order valence-electron chi connectivity index (χ0n) is 9.48. The summed E-state index contributed by atoms with van der Waals surface area (Å²) < 4.78 is 38.3. The van der Waals surface area contributed by atoms with E-state index in [2.05, 4.69) is 15.4 Å². The quantitative estimate of drug-likeness (QED) is 0.639. The Morgan fingerprint density at radius 2 is 2.00 bits per heavy atom. The SMILES string of the molecule is O=C(CCCNCCOC(F)(F)F)NC1CC1. The molecule has 7 heteroatoms. The first-order valence-corrected chi connectivity index (χ1v) is 5.68. The van der Waals surface area contributed by atoms with Crippen LogP contribution in [0.4, 0.5) is 13.2 Å². The molecule has 0 bridgehead atoms. The predicted octanol–water partition coefficient (Wildman–Crippen LogP) is 1.17. The van der Waals surface area contributed by atoms with E-state index in [1.807, 2.05) is 0 Å². The van der Waals surface area contributed by atoms with Gasteiger partial charge in [-0.25, -0.2) is 0 Å². The number of hydrogen-bond donors (Lipinski definition) is 2. The number of rotatable bonds is 8. The number of carbonyl (C=O) groups excluding carboxylic acids is 1. The number of nitrogens with one attached hydrogen (secondary N) is 2. The second kappa shape index (κ2) is 6.80. The summed E-state index contributed by atoms with van der Waals surface area (Å²) in [4.78, 5) is 11.2. The van der Waals surface area contributed by atoms with Crippen LogP contribution in [0.25, 0.3) is 0 Å². The number of hydrogen-bond acceptors (Lipinski definition) is 3. The molecule has 1 aliphatic rings. The molecule has 0 spiro atoms. The highest BCUT2D eigenvalue weighted by molar-refractivity contribution is 5.76. The summed E-state index contributed by atoms with van der Waals surface area (Å²) in [5.74, 6) is 0.0147. The Hall–Kier alpha value is -0.820. The fraction of sp³-hybridized carbons (Fsp3) is 0.900. The minimum absolute atomic E-state index is 0.0147. The van der Waals surface area contributed by atoms with Gasteiger partial charge in [0.15, 0.2) is 0 Å². The Kier molecular flexibility index (Phi) is 5.70. The minimum atomic E-state index is -4.56. The van der Waals surface area contributed by atoms with Crippen molar-refractivity contribution in [2.45, 2.75) is 38.1 Å². The Bertz CT molecular complexity index is 242. The lowest BCUT2D eigenvalue weighted by Crippen LogP contribution is -2.28. The smallest absolute Gasteiger partial charge is 0.353 e. The molecule has 1 saturated carbocycles. The third-order valence-corrected chi connectivity index (χ3v) is 2.24. The Morgan fingerprint density at radius 3 is 2.59 bits per heavy atom. The monoisotopic (exact) mass is 254 g/mol. The van der Waals surface area contributed by atoms with E-state index in [4.69, 9.17) is 0 Å². The Labute approximate surface area is 97.9 Å². The standard InChI is InChI=1S/C10H17F3N2O2/c11-10(12,13)17-7-6-14-5-1-2-9(16)15-8-3-4-8/h8,14H,1-7H2,(H,15,16). The average molecular weight is 254 g/mol. The van der Waals surface area contributed by atoms with Crippen molar-refractivity contribution in [2.24, 2.45) is 0 Å². The first-order valence-electron chi connectivity index (χ1n) is 5.68. The maximum Gasteiger partial charge on any atom is 0.522 e. The summed E-state index contributed by atoms with van der Waals surface area (Å²) in [6.45, 7) is 0.237. The predicted molar refractivity (Wildman–Crippen MR) is 55.3 cm³/mol. The maximum absolute atomic E-state index is 11.6. The lowest BCUT2D eigenvalue weighted by atomic mass is 10.3. The van der Waals surface area contributed by atoms with Crippen molar-refractivity contribution < 1.29 is 22.7 Å². The van der Waals surface area contributed by atoms with E-state index in [0.717, 1.165) is 12.8 Å². The maximum atomic E-state index is 11.6. The van der Waals surface area contributed by atoms with E-state index in [1.54, 1.807) is 0 Å². The topological polar surface area (TPSA) is 50.4 Å². The van der Waals surface area contributed by atoms with Gasteiger partial charge >= 0.3 is 6.36 Å². The first kappa shape index (κ1) is 14.2. The van der Waals surface area contributed by atoms with Gasteiger partial charge in [-0.2, -0.15) is 0 Å². The highest BCUT2D eigenvalue weighted by Crippen LogP contribution is 2.18. The molecule has 1 fully saturated rings. The number of alkyl halides is 3. The minimum Gasteiger partial charge on any atom is -0.353 e. The average Bonchev–Trinajstić information content (AvgIpc) is 2.98. The van der Waals surface area contributed by atoms with Gasteiger partial charge in [-0.15, -0.1) is 13.2 Å². The van der Waals surface area contributed by atoms with E-state index in [1.165, 1.54) is 0 Å². The van der Waals surface area contributed by atoms with Crippen molar-refractivity contribution in [3.8, 4) is 0 Å². The number of carbonyl (C=O) groups is 1. The van der Waals surface area contributed by atoms with Crippen molar-refractivity contribution in [1.82, 2.24) is 10.6 Å². The molecule has 0 aromatic carbocycles. The molecule has 0 aromatic heterocycles. The van der Waals surface area contributed by atoms with Crippen molar-refractivity contribution in [3.05, 3.63) is 0 Å². The van der Waals surface area contributed by atoms with Gasteiger partial charge in [0.2, 0.25) is 5.91 Å². The zero-order chi connectivity index (χ0) is 12.7. The van der Waals surface area contributed by atoms with Gasteiger partial charge in [0.25, 0.3) is 0 Å². The molecule has 2 N–H and O–H groups in total. The molecular weight excluding hydrogens is 237 g/mol. The third-order valence-electron chi connectivity index (χ3n) is 2.24. The molecule has 0 aliphatic heterocycles. The number of halogens is 3. The van der Waals surface area contributed by atoms with Gasteiger partial charge in [0.05, 0.1) is 6.61 Å². The molecule has 0 aromatic rings. The Morgan fingerprint density at radius 1 is 1.29 bits per heavy atom. The molecule has 100 valence electrons. The van der Waals surface area contributed by atoms with Crippen LogP contribution in [0.5, 0.6) is 0 Å². The molecule has 0 saturated heterocycles. The first-order chi connectivity index (χ1) is 7.97. The van der Waals surface area contributed by atoms with Crippen LogP contribution in [0.3, 0.4) is 0 Å². The zero-order valence-corrected chi connectivity index (χ0v) is 9.48. The van der Waals surface area contributed by atoms with Crippen LogP contribution >= 0.6 is 0 Å². The van der Waals surface area contributed by atoms with Crippen molar-refractivity contribution in [2.75, 3.05) is 19.7 Å². The van der Waals surface area contributed by atoms with E-state index in [-0.39, 0.29) is 12.5 Å². The Balaban J connectivity index is 1.82. The molecule has 0 radical (unpaired) electrons. The van der Waals surface area contributed by atoms with Gasteiger partial charge < -0.3 is 10.6 Å². The molecule has 0 atom stereocenters. The normalized spacial score (nSPS) is 15.9. The summed E-state index contributed by atoms with van der Waals surface area (Å²) in [6.07, 6.45) is -1.43. The highest BCUT2D eigenvalue weighted by Gasteiger charge is 2.28. The van der Waals surface area contributed by atoms with E-state index in [0.29, 0.717) is 25.4 Å². The van der Waals surface area contributed by atoms with Gasteiger partial charge in [0, 0.05) is 19.0 Å². The molecular formula is C10H17F3N2O2. The molecule has 4 nitrogen and oxygen atoms in total. The van der Waals surface area contributed by atoms with E-state index >= 15 is 0 Å². The fourth-order valence-corrected chi connectivity index (χ4v) is 1.27. The second-order valence-electron chi connectivity index (χ2n) is 3.99. The number of amides is 1. The van der Waals surface area contributed by atoms with Gasteiger partial charge in [-0.05, 0) is 25.8 Å². The van der Waals surface area contributed by atoms with Crippen LogP contribution in [0.1, 0.15) is 25.7 Å². The fourth-order valence-electron chi connectivity index (χ4n) is 1.27. The summed E-state index contributed by atoms with van der Waals surface area (Å²) in [5, 5.41) is 5.61. The van der Waals surface area contributed by atoms with Gasteiger partial charge in [-0.3, -0.25) is 9.53 Å². The molecule has 0 unspecified atom stereocenters. The van der Waals surface area contributed by atoms with Crippen LogP contribution in [0, 0.1) is 0 Å². The molecule has 1 rings (SSSR count). The summed E-state index contributed by atoms with van der Waals surface area (Å²) in [7, 11) is 0. The van der Waals surface area contributed by atoms with Crippen LogP contribution in [-0.2, 0) is 9.53 Å². The van der Waals surface area contributed by atoms with Crippen molar-refractivity contribution in [1.29, 1.82) is 0 Å². The van der Waals surface area contributed by atoms with Crippen molar-refractivity contribution >= 4 is 5.91 Å². The van der Waals surface area contributed by atoms with Gasteiger partial charge in [-0.1, -0.05) is 0 Å². The molecule has 0 heterocycles. The van der Waals surface area contributed by atoms with E-state index < -0.39 is 13.0 Å². The highest BCUT2D eigenvalue weighted by atomic mass is 19.4. The van der Waals surface area contributed by atoms with E-state index in [9.17, 15) is 18.0 Å². The second-order valence-corrected chi connectivity index (χ2v) is 3.99. The van der Waals surface area contributed by atoms with Crippen LogP contribution in [0.15, 0.2) is 0 Å². The summed E-state index contributed by atoms with van der Waals surface area (Å²) >= 11 is 0. The summed E-state index contributed by atoms with van der Waals surface area (Å²) in [6, 6.07) is 0.357. The lowest BCUT2D eigenvalue weighted by Gasteiger charge is -2.08. The van der Waals surface area contributed by atoms with Gasteiger partial charge in [0.1, 0.15) is 0 Å². The molecule has 1 amide bonds. The largest absolute Gasteiger partial charge is 0.522 e. The number of ether oxygens (including phenoxy) is 1. The lowest BCUT2D eigenvalue weighted by molar-refractivity contribution is -0.323. The molecule has 1 aliphatic carbocycles.